The van der Waals surface area contributed by atoms with Crippen LogP contribution in [0.2, 0.25) is 0 Å². The average Bonchev–Trinajstić information content (AvgIpc) is 3.16. The average molecular weight is 687 g/mol. The number of benzene rings is 5. The van der Waals surface area contributed by atoms with Gasteiger partial charge in [-0.1, -0.05) is 78.9 Å². The Hall–Kier alpha value is -6.06. The molecule has 51 heavy (non-hydrogen) atoms. The van der Waals surface area contributed by atoms with Gasteiger partial charge in [0.05, 0.1) is 12.7 Å². The molecule has 0 radical (unpaired) electrons. The molecule has 5 atom stereocenters. The van der Waals surface area contributed by atoms with E-state index in [0.29, 0.717) is 39.7 Å². The molecule has 5 aromatic rings. The van der Waals surface area contributed by atoms with E-state index < -0.39 is 42.5 Å². The van der Waals surface area contributed by atoms with Gasteiger partial charge in [0.25, 0.3) is 0 Å². The lowest BCUT2D eigenvalue weighted by Gasteiger charge is -2.46. The van der Waals surface area contributed by atoms with E-state index in [4.69, 9.17) is 28.4 Å². The van der Waals surface area contributed by atoms with E-state index in [0.717, 1.165) is 0 Å². The number of ether oxygens (including phenoxy) is 6. The first-order chi connectivity index (χ1) is 24.9. The van der Waals surface area contributed by atoms with Crippen molar-refractivity contribution in [3.8, 4) is 23.0 Å². The highest BCUT2D eigenvalue weighted by Gasteiger charge is 2.52. The zero-order chi connectivity index (χ0) is 35.6. The van der Waals surface area contributed by atoms with Gasteiger partial charge in [-0.3, -0.25) is 0 Å². The van der Waals surface area contributed by atoms with E-state index in [1.807, 2.05) is 121 Å². The fourth-order valence-electron chi connectivity index (χ4n) is 6.04. The Balaban J connectivity index is 1.53. The summed E-state index contributed by atoms with van der Waals surface area (Å²) in [6.45, 7) is 1.76. The molecule has 0 aliphatic carbocycles. The van der Waals surface area contributed by atoms with Crippen LogP contribution in [0.4, 0.5) is 0 Å². The number of aromatic carboxylic acids is 1. The second-order valence-corrected chi connectivity index (χ2v) is 11.8. The first-order valence-electron chi connectivity index (χ1n) is 16.5. The Morgan fingerprint density at radius 1 is 0.667 bits per heavy atom. The van der Waals surface area contributed by atoms with Gasteiger partial charge in [0.1, 0.15) is 41.8 Å². The van der Waals surface area contributed by atoms with Gasteiger partial charge in [0, 0.05) is 6.08 Å². The molecule has 0 bridgehead atoms. The molecule has 1 saturated heterocycles. The third kappa shape index (κ3) is 8.57. The van der Waals surface area contributed by atoms with E-state index in [2.05, 4.69) is 0 Å². The van der Waals surface area contributed by atoms with Crippen molar-refractivity contribution >= 4 is 18.0 Å². The van der Waals surface area contributed by atoms with Gasteiger partial charge >= 0.3 is 11.9 Å². The zero-order valence-electron chi connectivity index (χ0n) is 28.2. The van der Waals surface area contributed by atoms with Crippen LogP contribution < -0.4 is 18.9 Å². The highest BCUT2D eigenvalue weighted by Crippen LogP contribution is 2.41. The molecule has 1 N–H and O–H groups in total. The molecule has 6 rings (SSSR count). The largest absolute Gasteiger partial charge is 0.491 e. The molecule has 9 heteroatoms. The van der Waals surface area contributed by atoms with Gasteiger partial charge in [-0.05, 0) is 84.3 Å². The van der Waals surface area contributed by atoms with E-state index in [1.165, 1.54) is 19.3 Å². The SMILES string of the molecule is COC(=O)/C=C/c1c([C@H]2O[C@H](COc3ccccc3)[C@@H](Oc3ccccc3)[C@H](Oc3ccccc3)[C@@H]2Oc2ccccc2)ccc(C(=O)O)c1C. The topological polar surface area (TPSA) is 110 Å². The summed E-state index contributed by atoms with van der Waals surface area (Å²) >= 11 is 0. The maximum Gasteiger partial charge on any atom is 0.335 e. The summed E-state index contributed by atoms with van der Waals surface area (Å²) < 4.78 is 38.5. The van der Waals surface area contributed by atoms with Gasteiger partial charge in [-0.15, -0.1) is 0 Å². The second kappa shape index (κ2) is 16.6. The van der Waals surface area contributed by atoms with Crippen molar-refractivity contribution in [2.45, 2.75) is 37.4 Å². The number of rotatable bonds is 13. The van der Waals surface area contributed by atoms with Gasteiger partial charge < -0.3 is 33.5 Å². The molecule has 0 saturated carbocycles. The number of carbonyl (C=O) groups is 2. The first kappa shape index (κ1) is 34.8. The maximum atomic E-state index is 12.3. The van der Waals surface area contributed by atoms with Crippen LogP contribution >= 0.6 is 0 Å². The number of methoxy groups -OCH3 is 1. The van der Waals surface area contributed by atoms with E-state index in [9.17, 15) is 14.7 Å². The van der Waals surface area contributed by atoms with Crippen LogP contribution in [-0.4, -0.2) is 55.2 Å². The third-order valence-corrected chi connectivity index (χ3v) is 8.51. The monoisotopic (exact) mass is 686 g/mol. The van der Waals surface area contributed by atoms with Crippen molar-refractivity contribution in [1.29, 1.82) is 0 Å². The molecule has 9 nitrogen and oxygen atoms in total. The molecule has 5 aromatic carbocycles. The van der Waals surface area contributed by atoms with E-state index in [1.54, 1.807) is 19.1 Å². The molecule has 1 aliphatic rings. The molecule has 1 aliphatic heterocycles. The predicted octanol–water partition coefficient (Wildman–Crippen LogP) is 7.74. The molecule has 260 valence electrons. The van der Waals surface area contributed by atoms with Gasteiger partial charge in [-0.25, -0.2) is 9.59 Å². The summed E-state index contributed by atoms with van der Waals surface area (Å²) in [5.41, 5.74) is 1.55. The van der Waals surface area contributed by atoms with Crippen LogP contribution in [0.1, 0.15) is 33.2 Å². The molecule has 1 fully saturated rings. The van der Waals surface area contributed by atoms with Crippen LogP contribution in [0, 0.1) is 6.92 Å². The van der Waals surface area contributed by atoms with Crippen molar-refractivity contribution in [3.63, 3.8) is 0 Å². The minimum absolute atomic E-state index is 0.0737. The highest BCUT2D eigenvalue weighted by atomic mass is 16.6. The summed E-state index contributed by atoms with van der Waals surface area (Å²) in [5.74, 6) is 0.668. The van der Waals surface area contributed by atoms with Crippen LogP contribution in [0.5, 0.6) is 23.0 Å². The second-order valence-electron chi connectivity index (χ2n) is 11.8. The Labute approximate surface area is 296 Å². The van der Waals surface area contributed by atoms with Crippen molar-refractivity contribution < 1.29 is 43.1 Å². The lowest BCUT2D eigenvalue weighted by Crippen LogP contribution is -2.62. The number of hydrogen-bond acceptors (Lipinski definition) is 8. The van der Waals surface area contributed by atoms with Crippen molar-refractivity contribution in [3.05, 3.63) is 162 Å². The number of esters is 1. The van der Waals surface area contributed by atoms with Crippen LogP contribution in [-0.2, 0) is 14.3 Å². The zero-order valence-corrected chi connectivity index (χ0v) is 28.2. The Morgan fingerprint density at radius 2 is 1.16 bits per heavy atom. The summed E-state index contributed by atoms with van der Waals surface area (Å²) in [7, 11) is 1.28. The van der Waals surface area contributed by atoms with Gasteiger partial charge in [0.15, 0.2) is 18.3 Å². The third-order valence-electron chi connectivity index (χ3n) is 8.51. The molecule has 0 unspecified atom stereocenters. The summed E-state index contributed by atoms with van der Waals surface area (Å²) in [4.78, 5) is 24.6. The molecule has 1 heterocycles. The number of para-hydroxylation sites is 4. The fourth-order valence-corrected chi connectivity index (χ4v) is 6.04. The van der Waals surface area contributed by atoms with Crippen LogP contribution in [0.3, 0.4) is 0 Å². The van der Waals surface area contributed by atoms with Crippen molar-refractivity contribution in [1.82, 2.24) is 0 Å². The molecule has 0 amide bonds. The van der Waals surface area contributed by atoms with Gasteiger partial charge in [-0.2, -0.15) is 0 Å². The van der Waals surface area contributed by atoms with Crippen molar-refractivity contribution in [2.75, 3.05) is 13.7 Å². The molecule has 0 aromatic heterocycles. The van der Waals surface area contributed by atoms with Gasteiger partial charge in [0.2, 0.25) is 0 Å². The van der Waals surface area contributed by atoms with E-state index >= 15 is 0 Å². The minimum atomic E-state index is -1.11. The standard InChI is InChI=1S/C42H38O9/c1-28-33(25-26-37(43)46-2)35(24-23-34(28)42(44)45)38-40(49-31-19-11-5-12-20-31)41(50-32-21-13-6-14-22-32)39(48-30-17-9-4-10-18-30)36(51-38)27-47-29-15-7-3-8-16-29/h3-26,36,38-41H,27H2,1-2H3,(H,44,45)/b26-25+/t36-,38-,39-,40-,41+/m1/s1. The predicted molar refractivity (Wildman–Crippen MR) is 191 cm³/mol. The Bertz CT molecular complexity index is 1910. The smallest absolute Gasteiger partial charge is 0.335 e. The Morgan fingerprint density at radius 3 is 1.67 bits per heavy atom. The number of carbonyl (C=O) groups excluding carboxylic acids is 1. The number of carboxylic acid groups (broad SMARTS) is 1. The minimum Gasteiger partial charge on any atom is -0.491 e. The number of carboxylic acids is 1. The lowest BCUT2D eigenvalue weighted by molar-refractivity contribution is -0.210. The summed E-state index contributed by atoms with van der Waals surface area (Å²) in [6, 6.07) is 40.7. The highest BCUT2D eigenvalue weighted by molar-refractivity contribution is 5.92. The van der Waals surface area contributed by atoms with Crippen LogP contribution in [0.25, 0.3) is 6.08 Å². The quantitative estimate of drug-likeness (QED) is 0.0983. The van der Waals surface area contributed by atoms with Crippen LogP contribution in [0.15, 0.2) is 140 Å². The maximum absolute atomic E-state index is 12.3. The number of hydrogen-bond donors (Lipinski definition) is 1. The fraction of sp³-hybridized carbons (Fsp3) is 0.190. The van der Waals surface area contributed by atoms with Crippen molar-refractivity contribution in [2.24, 2.45) is 0 Å². The molecular weight excluding hydrogens is 648 g/mol. The molecular formula is C42H38O9. The van der Waals surface area contributed by atoms with E-state index in [-0.39, 0.29) is 12.2 Å². The first-order valence-corrected chi connectivity index (χ1v) is 16.5. The lowest BCUT2D eigenvalue weighted by atomic mass is 9.85. The summed E-state index contributed by atoms with van der Waals surface area (Å²) in [5, 5.41) is 10.0. The summed E-state index contributed by atoms with van der Waals surface area (Å²) in [6.07, 6.45) is -1.27. The normalized spacial score (nSPS) is 19.9. The Kier molecular flexibility index (Phi) is 11.3. The molecule has 0 spiro atoms.